The second-order valence-electron chi connectivity index (χ2n) is 6.53. The van der Waals surface area contributed by atoms with Crippen molar-refractivity contribution in [1.82, 2.24) is 14.8 Å². The molecule has 28 heavy (non-hydrogen) atoms. The topological polar surface area (TPSA) is 101 Å². The Hall–Kier alpha value is -3.18. The monoisotopic (exact) mass is 395 g/mol. The maximum Gasteiger partial charge on any atom is 0.175 e. The van der Waals surface area contributed by atoms with E-state index in [0.717, 1.165) is 16.7 Å². The molecule has 144 valence electrons. The lowest BCUT2D eigenvalue weighted by molar-refractivity contribution is 0.602. The highest BCUT2D eigenvalue weighted by Gasteiger charge is 2.14. The molecular formula is C20H21N5O2S. The predicted molar refractivity (Wildman–Crippen MR) is 107 cm³/mol. The fraction of sp³-hybridized carbons (Fsp3) is 0.250. The minimum Gasteiger partial charge on any atom is -0.365 e. The van der Waals surface area contributed by atoms with Crippen LogP contribution in [0.25, 0.3) is 11.3 Å². The third-order valence-electron chi connectivity index (χ3n) is 4.39. The second-order valence-corrected chi connectivity index (χ2v) is 8.54. The molecule has 0 fully saturated rings. The number of hydrogen-bond acceptors (Lipinski definition) is 6. The molecule has 0 amide bonds. The van der Waals surface area contributed by atoms with Crippen LogP contribution < -0.4 is 5.32 Å². The Balaban J connectivity index is 1.99. The maximum absolute atomic E-state index is 11.7. The fourth-order valence-corrected chi connectivity index (χ4v) is 3.53. The van der Waals surface area contributed by atoms with Gasteiger partial charge in [-0.2, -0.15) is 10.4 Å². The van der Waals surface area contributed by atoms with Gasteiger partial charge in [-0.15, -0.1) is 0 Å². The third kappa shape index (κ3) is 4.21. The zero-order chi connectivity index (χ0) is 20.3. The average Bonchev–Trinajstić information content (AvgIpc) is 3.10. The van der Waals surface area contributed by atoms with Crippen LogP contribution in [0.1, 0.15) is 23.6 Å². The molecule has 0 aliphatic rings. The number of sulfone groups is 1. The molecule has 0 unspecified atom stereocenters. The zero-order valence-electron chi connectivity index (χ0n) is 16.0. The Morgan fingerprint density at radius 2 is 1.96 bits per heavy atom. The van der Waals surface area contributed by atoms with E-state index in [1.165, 1.54) is 6.26 Å². The zero-order valence-corrected chi connectivity index (χ0v) is 16.8. The summed E-state index contributed by atoms with van der Waals surface area (Å²) in [5, 5.41) is 17.0. The summed E-state index contributed by atoms with van der Waals surface area (Å²) in [6.07, 6.45) is 5.51. The van der Waals surface area contributed by atoms with Crippen LogP contribution in [0.2, 0.25) is 0 Å². The SMILES string of the molecule is CCc1cc(-c2ccc(S(C)(=O)=O)cc2)nc(NCc2cnn(C)c2)c1C#N. The first-order chi connectivity index (χ1) is 13.3. The standard InChI is InChI=1S/C20H21N5O2S/c1-4-15-9-19(16-5-7-17(8-6-16)28(3,26)27)24-20(18(15)10-21)22-11-14-12-23-25(2)13-14/h5-9,12-13H,4,11H2,1-3H3,(H,22,24). The van der Waals surface area contributed by atoms with Gasteiger partial charge in [0.15, 0.2) is 9.84 Å². The summed E-state index contributed by atoms with van der Waals surface area (Å²) >= 11 is 0. The maximum atomic E-state index is 11.7. The minimum absolute atomic E-state index is 0.260. The van der Waals surface area contributed by atoms with Gasteiger partial charge < -0.3 is 5.32 Å². The lowest BCUT2D eigenvalue weighted by atomic mass is 10.0. The summed E-state index contributed by atoms with van der Waals surface area (Å²) in [5.41, 5.74) is 3.85. The van der Waals surface area contributed by atoms with Gasteiger partial charge in [-0.05, 0) is 30.2 Å². The van der Waals surface area contributed by atoms with E-state index in [1.807, 2.05) is 26.2 Å². The third-order valence-corrected chi connectivity index (χ3v) is 5.52. The molecule has 7 nitrogen and oxygen atoms in total. The molecule has 0 spiro atoms. The first-order valence-electron chi connectivity index (χ1n) is 8.77. The number of rotatable bonds is 6. The number of aryl methyl sites for hydroxylation is 2. The van der Waals surface area contributed by atoms with Crippen LogP contribution in [0, 0.1) is 11.3 Å². The molecule has 8 heteroatoms. The molecule has 0 bridgehead atoms. The van der Waals surface area contributed by atoms with Crippen molar-refractivity contribution < 1.29 is 8.42 Å². The van der Waals surface area contributed by atoms with Gasteiger partial charge in [0.25, 0.3) is 0 Å². The molecule has 1 N–H and O–H groups in total. The number of aromatic nitrogens is 3. The van der Waals surface area contributed by atoms with Gasteiger partial charge in [0.2, 0.25) is 0 Å². The van der Waals surface area contributed by atoms with Crippen molar-refractivity contribution in [3.8, 4) is 17.3 Å². The first kappa shape index (κ1) is 19.6. The molecule has 1 aromatic carbocycles. The number of nitriles is 1. The molecule has 0 aliphatic heterocycles. The molecule has 2 aromatic heterocycles. The highest BCUT2D eigenvalue weighted by molar-refractivity contribution is 7.90. The lowest BCUT2D eigenvalue weighted by Crippen LogP contribution is -2.06. The Labute approximate surface area is 164 Å². The van der Waals surface area contributed by atoms with Gasteiger partial charge in [-0.25, -0.2) is 13.4 Å². The molecule has 3 aromatic rings. The average molecular weight is 395 g/mol. The molecular weight excluding hydrogens is 374 g/mol. The van der Waals surface area contributed by atoms with Crippen LogP contribution in [0.15, 0.2) is 47.6 Å². The lowest BCUT2D eigenvalue weighted by Gasteiger charge is -2.13. The van der Waals surface area contributed by atoms with E-state index in [2.05, 4.69) is 21.5 Å². The van der Waals surface area contributed by atoms with Crippen molar-refractivity contribution in [1.29, 1.82) is 5.26 Å². The van der Waals surface area contributed by atoms with Crippen LogP contribution in [0.4, 0.5) is 5.82 Å². The molecule has 0 saturated carbocycles. The van der Waals surface area contributed by atoms with Crippen molar-refractivity contribution in [2.75, 3.05) is 11.6 Å². The Bertz CT molecular complexity index is 1140. The molecule has 0 radical (unpaired) electrons. The second kappa shape index (κ2) is 7.82. The summed E-state index contributed by atoms with van der Waals surface area (Å²) < 4.78 is 25.1. The summed E-state index contributed by atoms with van der Waals surface area (Å²) in [6.45, 7) is 2.48. The van der Waals surface area contributed by atoms with Crippen molar-refractivity contribution >= 4 is 15.7 Å². The van der Waals surface area contributed by atoms with Crippen LogP contribution in [0.5, 0.6) is 0 Å². The van der Waals surface area contributed by atoms with Gasteiger partial charge in [0, 0.05) is 37.2 Å². The van der Waals surface area contributed by atoms with Crippen molar-refractivity contribution in [3.63, 3.8) is 0 Å². The largest absolute Gasteiger partial charge is 0.365 e. The van der Waals surface area contributed by atoms with Gasteiger partial charge in [-0.1, -0.05) is 19.1 Å². The molecule has 0 atom stereocenters. The van der Waals surface area contributed by atoms with Gasteiger partial charge in [-0.3, -0.25) is 4.68 Å². The van der Waals surface area contributed by atoms with Crippen LogP contribution in [-0.4, -0.2) is 29.4 Å². The number of anilines is 1. The van der Waals surface area contributed by atoms with E-state index in [1.54, 1.807) is 35.1 Å². The number of nitrogens with zero attached hydrogens (tertiary/aromatic N) is 4. The van der Waals surface area contributed by atoms with E-state index in [9.17, 15) is 13.7 Å². The highest BCUT2D eigenvalue weighted by atomic mass is 32.2. The van der Waals surface area contributed by atoms with Gasteiger partial charge in [0.1, 0.15) is 11.9 Å². The summed E-state index contributed by atoms with van der Waals surface area (Å²) in [6, 6.07) is 10.7. The van der Waals surface area contributed by atoms with E-state index >= 15 is 0 Å². The minimum atomic E-state index is -3.25. The molecule has 3 rings (SSSR count). The molecule has 0 aliphatic carbocycles. The smallest absolute Gasteiger partial charge is 0.175 e. The van der Waals surface area contributed by atoms with Gasteiger partial charge >= 0.3 is 0 Å². The highest BCUT2D eigenvalue weighted by Crippen LogP contribution is 2.27. The van der Waals surface area contributed by atoms with E-state index in [4.69, 9.17) is 0 Å². The number of nitrogens with one attached hydrogen (secondary N) is 1. The predicted octanol–water partition coefficient (Wildman–Crippen LogP) is 2.93. The fourth-order valence-electron chi connectivity index (χ4n) is 2.90. The molecule has 2 heterocycles. The number of benzene rings is 1. The molecule has 0 saturated heterocycles. The summed E-state index contributed by atoms with van der Waals surface area (Å²) in [5.74, 6) is 0.507. The van der Waals surface area contributed by atoms with Crippen molar-refractivity contribution in [3.05, 3.63) is 59.4 Å². The van der Waals surface area contributed by atoms with E-state index in [0.29, 0.717) is 30.0 Å². The Morgan fingerprint density at radius 1 is 1.25 bits per heavy atom. The van der Waals surface area contributed by atoms with E-state index < -0.39 is 9.84 Å². The van der Waals surface area contributed by atoms with Gasteiger partial charge in [0.05, 0.1) is 22.3 Å². The first-order valence-corrected chi connectivity index (χ1v) is 10.7. The van der Waals surface area contributed by atoms with Crippen LogP contribution >= 0.6 is 0 Å². The normalized spacial score (nSPS) is 11.2. The number of hydrogen-bond donors (Lipinski definition) is 1. The summed E-state index contributed by atoms with van der Waals surface area (Å²) in [7, 11) is -1.41. The van der Waals surface area contributed by atoms with Crippen molar-refractivity contribution in [2.24, 2.45) is 7.05 Å². The van der Waals surface area contributed by atoms with E-state index in [-0.39, 0.29) is 4.90 Å². The van der Waals surface area contributed by atoms with Crippen LogP contribution in [-0.2, 0) is 29.9 Å². The van der Waals surface area contributed by atoms with Crippen LogP contribution in [0.3, 0.4) is 0 Å². The quantitative estimate of drug-likeness (QED) is 0.689. The Kier molecular flexibility index (Phi) is 5.47. The summed E-state index contributed by atoms with van der Waals surface area (Å²) in [4.78, 5) is 4.89. The Morgan fingerprint density at radius 3 is 2.50 bits per heavy atom. The van der Waals surface area contributed by atoms with Crippen molar-refractivity contribution in [2.45, 2.75) is 24.8 Å². The number of pyridine rings is 1.